The molecule has 1 atom stereocenters. The van der Waals surface area contributed by atoms with Crippen LogP contribution in [-0.2, 0) is 6.54 Å². The molecular weight excluding hydrogens is 273 g/mol. The van der Waals surface area contributed by atoms with Gasteiger partial charge in [-0.2, -0.15) is 0 Å². The lowest BCUT2D eigenvalue weighted by molar-refractivity contribution is 0.199. The third kappa shape index (κ3) is 3.53. The van der Waals surface area contributed by atoms with Crippen LogP contribution in [0.2, 0.25) is 0 Å². The number of rotatable bonds is 5. The average Bonchev–Trinajstić information content (AvgIpc) is 2.78. The second-order valence-corrected chi connectivity index (χ2v) is 6.11. The number of halogens is 1. The van der Waals surface area contributed by atoms with Crippen LogP contribution in [0.1, 0.15) is 24.0 Å². The van der Waals surface area contributed by atoms with Crippen LogP contribution >= 0.6 is 12.2 Å². The summed E-state index contributed by atoms with van der Waals surface area (Å²) in [6, 6.07) is 5.78. The van der Waals surface area contributed by atoms with Gasteiger partial charge in [0.15, 0.2) is 0 Å². The fourth-order valence-electron chi connectivity index (χ4n) is 2.84. The maximum atomic E-state index is 14.4. The first-order chi connectivity index (χ1) is 9.49. The van der Waals surface area contributed by atoms with Gasteiger partial charge in [-0.15, -0.1) is 0 Å². The van der Waals surface area contributed by atoms with Crippen LogP contribution in [0, 0.1) is 5.82 Å². The van der Waals surface area contributed by atoms with Crippen LogP contribution in [0.15, 0.2) is 18.2 Å². The van der Waals surface area contributed by atoms with E-state index in [9.17, 15) is 4.39 Å². The molecule has 3 nitrogen and oxygen atoms in total. The van der Waals surface area contributed by atoms with Gasteiger partial charge in [-0.05, 0) is 39.5 Å². The molecule has 0 saturated carbocycles. The van der Waals surface area contributed by atoms with E-state index in [4.69, 9.17) is 18.0 Å². The molecule has 1 aromatic carbocycles. The second-order valence-electron chi connectivity index (χ2n) is 5.67. The highest BCUT2D eigenvalue weighted by atomic mass is 32.1. The molecule has 1 fully saturated rings. The van der Waals surface area contributed by atoms with Gasteiger partial charge < -0.3 is 10.6 Å². The minimum Gasteiger partial charge on any atom is -0.389 e. The molecule has 0 aliphatic carbocycles. The van der Waals surface area contributed by atoms with Gasteiger partial charge in [0.1, 0.15) is 10.8 Å². The van der Waals surface area contributed by atoms with Gasteiger partial charge in [0, 0.05) is 30.3 Å². The number of thiocarbonyl (C=S) groups is 1. The Bertz CT molecular complexity index is 490. The number of likely N-dealkylation sites (N-methyl/N-ethyl adjacent to an activating group) is 1. The lowest BCUT2D eigenvalue weighted by Gasteiger charge is -2.27. The quantitative estimate of drug-likeness (QED) is 0.842. The van der Waals surface area contributed by atoms with Crippen molar-refractivity contribution in [1.29, 1.82) is 0 Å². The van der Waals surface area contributed by atoms with Gasteiger partial charge in [-0.25, -0.2) is 4.39 Å². The Balaban J connectivity index is 2.13. The van der Waals surface area contributed by atoms with Crippen molar-refractivity contribution >= 4 is 17.2 Å². The minimum atomic E-state index is -0.268. The Morgan fingerprint density at radius 1 is 1.50 bits per heavy atom. The highest BCUT2D eigenvalue weighted by Crippen LogP contribution is 2.22. The molecule has 20 heavy (non-hydrogen) atoms. The van der Waals surface area contributed by atoms with Crippen molar-refractivity contribution in [2.75, 3.05) is 27.2 Å². The predicted octanol–water partition coefficient (Wildman–Crippen LogP) is 1.99. The van der Waals surface area contributed by atoms with Crippen molar-refractivity contribution in [1.82, 2.24) is 9.80 Å². The third-order valence-electron chi connectivity index (χ3n) is 3.79. The Hall–Kier alpha value is -1.04. The van der Waals surface area contributed by atoms with E-state index in [0.29, 0.717) is 23.7 Å². The summed E-state index contributed by atoms with van der Waals surface area (Å²) in [7, 11) is 4.15. The SMILES string of the molecule is CN(C)CC1CCCN1Cc1cccc(C(N)=S)c1F. The van der Waals surface area contributed by atoms with Crippen molar-refractivity contribution in [2.45, 2.75) is 25.4 Å². The Morgan fingerprint density at radius 2 is 2.25 bits per heavy atom. The molecule has 1 aliphatic rings. The summed E-state index contributed by atoms with van der Waals surface area (Å²) in [4.78, 5) is 4.66. The van der Waals surface area contributed by atoms with Crippen LogP contribution < -0.4 is 5.73 Å². The first-order valence-electron chi connectivity index (χ1n) is 6.95. The molecule has 110 valence electrons. The van der Waals surface area contributed by atoms with E-state index < -0.39 is 0 Å². The first-order valence-corrected chi connectivity index (χ1v) is 7.36. The van der Waals surface area contributed by atoms with Crippen LogP contribution in [-0.4, -0.2) is 48.0 Å². The fourth-order valence-corrected chi connectivity index (χ4v) is 3.00. The van der Waals surface area contributed by atoms with Gasteiger partial charge in [0.05, 0.1) is 0 Å². The van der Waals surface area contributed by atoms with Crippen molar-refractivity contribution in [2.24, 2.45) is 5.73 Å². The van der Waals surface area contributed by atoms with E-state index in [1.807, 2.05) is 12.1 Å². The van der Waals surface area contributed by atoms with Crippen LogP contribution in [0.25, 0.3) is 0 Å². The van der Waals surface area contributed by atoms with E-state index in [1.165, 1.54) is 12.8 Å². The van der Waals surface area contributed by atoms with Crippen molar-refractivity contribution in [3.8, 4) is 0 Å². The maximum absolute atomic E-state index is 14.4. The Labute approximate surface area is 125 Å². The zero-order valence-corrected chi connectivity index (χ0v) is 12.9. The average molecular weight is 295 g/mol. The Morgan fingerprint density at radius 3 is 2.90 bits per heavy atom. The predicted molar refractivity (Wildman–Crippen MR) is 84.3 cm³/mol. The molecule has 0 spiro atoms. The summed E-state index contributed by atoms with van der Waals surface area (Å²) in [5, 5.41) is 0. The summed E-state index contributed by atoms with van der Waals surface area (Å²) in [6.45, 7) is 2.66. The standard InChI is InChI=1S/C15H22FN3S/c1-18(2)10-12-6-4-8-19(12)9-11-5-3-7-13(14(11)16)15(17)20/h3,5,7,12H,4,6,8-10H2,1-2H3,(H2,17,20). The van der Waals surface area contributed by atoms with E-state index in [-0.39, 0.29) is 10.8 Å². The molecule has 2 N–H and O–H groups in total. The smallest absolute Gasteiger partial charge is 0.137 e. The topological polar surface area (TPSA) is 32.5 Å². The summed E-state index contributed by atoms with van der Waals surface area (Å²) in [5.41, 5.74) is 6.59. The second kappa shape index (κ2) is 6.61. The molecule has 0 bridgehead atoms. The number of likely N-dealkylation sites (tertiary alicyclic amines) is 1. The lowest BCUT2D eigenvalue weighted by atomic mass is 10.1. The molecule has 0 radical (unpaired) electrons. The molecule has 1 aliphatic heterocycles. The van der Waals surface area contributed by atoms with E-state index in [2.05, 4.69) is 23.9 Å². The highest BCUT2D eigenvalue weighted by Gasteiger charge is 2.26. The molecular formula is C15H22FN3S. The van der Waals surface area contributed by atoms with Crippen molar-refractivity contribution < 1.29 is 4.39 Å². The molecule has 1 heterocycles. The molecule has 0 amide bonds. The van der Waals surface area contributed by atoms with Crippen molar-refractivity contribution in [3.63, 3.8) is 0 Å². The Kier molecular flexibility index (Phi) is 5.07. The normalized spacial score (nSPS) is 19.7. The van der Waals surface area contributed by atoms with Gasteiger partial charge in [0.2, 0.25) is 0 Å². The monoisotopic (exact) mass is 295 g/mol. The minimum absolute atomic E-state index is 0.121. The van der Waals surface area contributed by atoms with E-state index in [0.717, 1.165) is 13.1 Å². The van der Waals surface area contributed by atoms with Gasteiger partial charge in [-0.3, -0.25) is 4.90 Å². The van der Waals surface area contributed by atoms with Gasteiger partial charge in [0.25, 0.3) is 0 Å². The largest absolute Gasteiger partial charge is 0.389 e. The van der Waals surface area contributed by atoms with Crippen LogP contribution in [0.5, 0.6) is 0 Å². The number of hydrogen-bond acceptors (Lipinski definition) is 3. The fraction of sp³-hybridized carbons (Fsp3) is 0.533. The molecule has 1 unspecified atom stereocenters. The van der Waals surface area contributed by atoms with E-state index >= 15 is 0 Å². The van der Waals surface area contributed by atoms with Gasteiger partial charge >= 0.3 is 0 Å². The highest BCUT2D eigenvalue weighted by molar-refractivity contribution is 7.80. The molecule has 1 aromatic rings. The zero-order chi connectivity index (χ0) is 14.7. The third-order valence-corrected chi connectivity index (χ3v) is 4.01. The summed E-state index contributed by atoms with van der Waals surface area (Å²) in [6.07, 6.45) is 2.35. The summed E-state index contributed by atoms with van der Waals surface area (Å²) >= 11 is 4.89. The first kappa shape index (κ1) is 15.4. The number of benzene rings is 1. The molecule has 5 heteroatoms. The van der Waals surface area contributed by atoms with Crippen LogP contribution in [0.3, 0.4) is 0 Å². The maximum Gasteiger partial charge on any atom is 0.137 e. The van der Waals surface area contributed by atoms with Crippen LogP contribution in [0.4, 0.5) is 4.39 Å². The lowest BCUT2D eigenvalue weighted by Crippen LogP contribution is -2.37. The van der Waals surface area contributed by atoms with Crippen molar-refractivity contribution in [3.05, 3.63) is 35.1 Å². The van der Waals surface area contributed by atoms with Gasteiger partial charge in [-0.1, -0.05) is 24.4 Å². The molecule has 1 saturated heterocycles. The zero-order valence-electron chi connectivity index (χ0n) is 12.1. The number of hydrogen-bond donors (Lipinski definition) is 1. The number of nitrogens with two attached hydrogens (primary N) is 1. The summed E-state index contributed by atoms with van der Waals surface area (Å²) < 4.78 is 14.4. The summed E-state index contributed by atoms with van der Waals surface area (Å²) in [5.74, 6) is -0.268. The molecule has 0 aromatic heterocycles. The van der Waals surface area contributed by atoms with E-state index in [1.54, 1.807) is 6.07 Å². The number of nitrogens with zero attached hydrogens (tertiary/aromatic N) is 2. The molecule has 2 rings (SSSR count).